The molecule has 1 aromatic carbocycles. The molecule has 2 aromatic rings. The Morgan fingerprint density at radius 1 is 0.949 bits per heavy atom. The normalized spacial score (nSPS) is 21.1. The molecule has 0 amide bonds. The molecule has 0 bridgehead atoms. The number of carbonyl (C=O) groups is 2. The average Bonchev–Trinajstić information content (AvgIpc) is 3.22. The van der Waals surface area contributed by atoms with Crippen LogP contribution in [0.5, 0.6) is 0 Å². The summed E-state index contributed by atoms with van der Waals surface area (Å²) in [6.07, 6.45) is -4.20. The van der Waals surface area contributed by atoms with Gasteiger partial charge in [0.1, 0.15) is 11.9 Å². The van der Waals surface area contributed by atoms with Crippen molar-refractivity contribution >= 4 is 11.9 Å². The molecule has 1 aromatic heterocycles. The van der Waals surface area contributed by atoms with Gasteiger partial charge in [0.2, 0.25) is 0 Å². The molecule has 8 nitrogen and oxygen atoms in total. The van der Waals surface area contributed by atoms with Gasteiger partial charge in [-0.25, -0.2) is 14.0 Å². The smallest absolute Gasteiger partial charge is 0.475 e. The molecule has 216 valence electrons. The Morgan fingerprint density at radius 3 is 2.00 bits per heavy atom. The maximum Gasteiger partial charge on any atom is 0.490 e. The lowest BCUT2D eigenvalue weighted by Crippen LogP contribution is -2.41. The Kier molecular flexibility index (Phi) is 11.6. The molecular weight excluding hydrogens is 545 g/mol. The van der Waals surface area contributed by atoms with Crippen LogP contribution in [0.2, 0.25) is 0 Å². The van der Waals surface area contributed by atoms with Gasteiger partial charge in [-0.2, -0.15) is 26.3 Å². The van der Waals surface area contributed by atoms with Crippen molar-refractivity contribution in [1.29, 1.82) is 0 Å². The monoisotopic (exact) mass is 570 g/mol. The molecule has 15 heteroatoms. The summed E-state index contributed by atoms with van der Waals surface area (Å²) in [6, 6.07) is 11.1. The number of carboxylic acid groups (broad SMARTS) is 2. The minimum absolute atomic E-state index is 0.0684. The van der Waals surface area contributed by atoms with E-state index in [1.54, 1.807) is 12.4 Å². The Morgan fingerprint density at radius 2 is 1.49 bits per heavy atom. The molecule has 2 N–H and O–H groups in total. The minimum atomic E-state index is -5.08. The second kappa shape index (κ2) is 14.2. The van der Waals surface area contributed by atoms with E-state index in [4.69, 9.17) is 29.3 Å². The topological polar surface area (TPSA) is 109 Å². The van der Waals surface area contributed by atoms with Gasteiger partial charge in [-0.1, -0.05) is 12.1 Å². The maximum atomic E-state index is 13.1. The van der Waals surface area contributed by atoms with Crippen LogP contribution in [0.15, 0.2) is 48.8 Å². The van der Waals surface area contributed by atoms with Crippen LogP contribution < -0.4 is 0 Å². The number of hydrogen-bond acceptors (Lipinski definition) is 6. The third-order valence-electron chi connectivity index (χ3n) is 5.58. The number of likely N-dealkylation sites (tertiary alicyclic amines) is 1. The van der Waals surface area contributed by atoms with E-state index < -0.39 is 24.3 Å². The summed E-state index contributed by atoms with van der Waals surface area (Å²) in [7, 11) is 0. The molecule has 4 rings (SSSR count). The van der Waals surface area contributed by atoms with E-state index >= 15 is 0 Å². The highest BCUT2D eigenvalue weighted by Gasteiger charge is 2.44. The van der Waals surface area contributed by atoms with Gasteiger partial charge in [0.15, 0.2) is 0 Å². The van der Waals surface area contributed by atoms with Gasteiger partial charge in [0.25, 0.3) is 0 Å². The van der Waals surface area contributed by atoms with Crippen molar-refractivity contribution in [3.63, 3.8) is 0 Å². The number of ether oxygens (including phenoxy) is 2. The van der Waals surface area contributed by atoms with Crippen molar-refractivity contribution in [2.75, 3.05) is 13.2 Å². The van der Waals surface area contributed by atoms with E-state index in [9.17, 15) is 30.7 Å². The summed E-state index contributed by atoms with van der Waals surface area (Å²) in [5.74, 6) is -5.71. The number of benzene rings is 1. The molecular formula is C24H25F7N2O6. The van der Waals surface area contributed by atoms with Crippen LogP contribution in [0.25, 0.3) is 0 Å². The first-order valence-electron chi connectivity index (χ1n) is 11.4. The molecule has 39 heavy (non-hydrogen) atoms. The fraction of sp³-hybridized carbons (Fsp3) is 0.458. The summed E-state index contributed by atoms with van der Waals surface area (Å²) in [5.41, 5.74) is 2.25. The van der Waals surface area contributed by atoms with Crippen molar-refractivity contribution in [2.24, 2.45) is 0 Å². The molecule has 3 heterocycles. The third-order valence-corrected chi connectivity index (χ3v) is 5.58. The van der Waals surface area contributed by atoms with Gasteiger partial charge in [-0.3, -0.25) is 9.88 Å². The highest BCUT2D eigenvalue weighted by atomic mass is 19.4. The first-order chi connectivity index (χ1) is 18.2. The second-order valence-electron chi connectivity index (χ2n) is 8.41. The van der Waals surface area contributed by atoms with Crippen molar-refractivity contribution in [3.05, 3.63) is 65.7 Å². The zero-order valence-corrected chi connectivity index (χ0v) is 20.2. The molecule has 0 spiro atoms. The van der Waals surface area contributed by atoms with Crippen LogP contribution in [-0.2, 0) is 32.2 Å². The molecule has 3 atom stereocenters. The first kappa shape index (κ1) is 31.9. The number of alkyl halides is 6. The van der Waals surface area contributed by atoms with Crippen LogP contribution in [0, 0.1) is 5.82 Å². The number of pyridine rings is 1. The van der Waals surface area contributed by atoms with Crippen molar-refractivity contribution in [3.8, 4) is 0 Å². The van der Waals surface area contributed by atoms with E-state index in [2.05, 4.69) is 9.88 Å². The van der Waals surface area contributed by atoms with Crippen LogP contribution in [0.3, 0.4) is 0 Å². The SMILES string of the molecule is Fc1ccc(CN2C[C@@H](OCc3ccncc3)[C@H]3OCCC[C@H]32)cc1.O=C(O)C(F)(F)F.O=C(O)C(F)(F)F. The van der Waals surface area contributed by atoms with Crippen molar-refractivity contribution in [1.82, 2.24) is 9.88 Å². The third kappa shape index (κ3) is 10.8. The summed E-state index contributed by atoms with van der Waals surface area (Å²) in [6.45, 7) is 3.03. The Hall–Kier alpha value is -3.30. The van der Waals surface area contributed by atoms with E-state index in [1.807, 2.05) is 24.3 Å². The Labute approximate surface area is 218 Å². The molecule has 2 aliphatic heterocycles. The highest BCUT2D eigenvalue weighted by molar-refractivity contribution is 5.73. The second-order valence-corrected chi connectivity index (χ2v) is 8.41. The molecule has 0 saturated carbocycles. The van der Waals surface area contributed by atoms with Gasteiger partial charge < -0.3 is 19.7 Å². The maximum absolute atomic E-state index is 13.1. The van der Waals surface area contributed by atoms with E-state index in [0.717, 1.165) is 43.7 Å². The quantitative estimate of drug-likeness (QED) is 0.509. The molecule has 2 saturated heterocycles. The summed E-state index contributed by atoms with van der Waals surface area (Å²) in [5, 5.41) is 14.2. The number of hydrogen-bond donors (Lipinski definition) is 2. The largest absolute Gasteiger partial charge is 0.490 e. The lowest BCUT2D eigenvalue weighted by Gasteiger charge is -2.32. The standard InChI is InChI=1S/C20H23FN2O2.2C2HF3O2/c21-17-5-3-15(4-6-17)12-23-13-19(20-18(23)2-1-11-24-20)25-14-16-7-9-22-10-8-16;2*3-2(4,5)1(6)7/h3-10,18-20H,1-2,11-14H2;2*(H,6,7)/t18-,19-,20+;;/m1../s1. The Bertz CT molecular complexity index is 1030. The predicted octanol–water partition coefficient (Wildman–Crippen LogP) is 4.44. The van der Waals surface area contributed by atoms with Gasteiger partial charge in [-0.15, -0.1) is 0 Å². The lowest BCUT2D eigenvalue weighted by molar-refractivity contribution is -0.193. The zero-order valence-electron chi connectivity index (χ0n) is 20.2. The highest BCUT2D eigenvalue weighted by Crippen LogP contribution is 2.32. The summed E-state index contributed by atoms with van der Waals surface area (Å²) >= 11 is 0. The van der Waals surface area contributed by atoms with E-state index in [1.165, 1.54) is 12.1 Å². The fourth-order valence-corrected chi connectivity index (χ4v) is 3.84. The van der Waals surface area contributed by atoms with Crippen LogP contribution in [-0.4, -0.2) is 75.8 Å². The van der Waals surface area contributed by atoms with Gasteiger partial charge in [-0.05, 0) is 48.2 Å². The van der Waals surface area contributed by atoms with Crippen molar-refractivity contribution in [2.45, 2.75) is 56.6 Å². The number of aliphatic carboxylic acids is 2. The zero-order chi connectivity index (χ0) is 29.2. The molecule has 0 radical (unpaired) electrons. The lowest BCUT2D eigenvalue weighted by atomic mass is 10.0. The number of nitrogens with zero attached hydrogens (tertiary/aromatic N) is 2. The average molecular weight is 570 g/mol. The number of carboxylic acids is 2. The van der Waals surface area contributed by atoms with Gasteiger partial charge >= 0.3 is 24.3 Å². The summed E-state index contributed by atoms with van der Waals surface area (Å²) in [4.78, 5) is 24.3. The van der Waals surface area contributed by atoms with Crippen LogP contribution in [0.4, 0.5) is 30.7 Å². The number of aromatic nitrogens is 1. The van der Waals surface area contributed by atoms with Crippen LogP contribution >= 0.6 is 0 Å². The van der Waals surface area contributed by atoms with Gasteiger partial charge in [0, 0.05) is 38.1 Å². The number of halogens is 7. The first-order valence-corrected chi connectivity index (χ1v) is 11.4. The molecule has 0 aliphatic carbocycles. The molecule has 2 fully saturated rings. The van der Waals surface area contributed by atoms with Crippen LogP contribution in [0.1, 0.15) is 24.0 Å². The van der Waals surface area contributed by atoms with Crippen molar-refractivity contribution < 1.29 is 60.0 Å². The Balaban J connectivity index is 0.000000317. The van der Waals surface area contributed by atoms with Gasteiger partial charge in [0.05, 0.1) is 12.7 Å². The van der Waals surface area contributed by atoms with E-state index in [0.29, 0.717) is 12.6 Å². The molecule has 2 aliphatic rings. The summed E-state index contributed by atoms with van der Waals surface area (Å²) < 4.78 is 88.8. The number of rotatable bonds is 5. The predicted molar refractivity (Wildman–Crippen MR) is 120 cm³/mol. The number of fused-ring (bicyclic) bond motifs is 1. The fourth-order valence-electron chi connectivity index (χ4n) is 3.84. The molecule has 0 unspecified atom stereocenters. The minimum Gasteiger partial charge on any atom is -0.475 e. The van der Waals surface area contributed by atoms with E-state index in [-0.39, 0.29) is 18.0 Å².